The molecule has 0 bridgehead atoms. The van der Waals surface area contributed by atoms with Gasteiger partial charge in [0.1, 0.15) is 11.5 Å². The van der Waals surface area contributed by atoms with Gasteiger partial charge in [-0.25, -0.2) is 4.98 Å². The molecule has 0 unspecified atom stereocenters. The Kier molecular flexibility index (Phi) is 6.10. The van der Waals surface area contributed by atoms with Crippen molar-refractivity contribution in [3.63, 3.8) is 0 Å². The van der Waals surface area contributed by atoms with Crippen molar-refractivity contribution in [2.45, 2.75) is 12.8 Å². The molecule has 1 N–H and O–H groups in total. The molecule has 1 aliphatic carbocycles. The number of ether oxygens (including phenoxy) is 2. The van der Waals surface area contributed by atoms with E-state index in [1.165, 1.54) is 0 Å². The van der Waals surface area contributed by atoms with Crippen LogP contribution in [0.15, 0.2) is 60.7 Å². The second kappa shape index (κ2) is 9.71. The largest absolute Gasteiger partial charge is 0.494 e. The third kappa shape index (κ3) is 4.56. The van der Waals surface area contributed by atoms with E-state index in [2.05, 4.69) is 28.2 Å². The molecule has 1 aliphatic heterocycles. The third-order valence-corrected chi connectivity index (χ3v) is 7.09. The number of carbonyl (C=O) groups is 1. The number of ketones is 1. The van der Waals surface area contributed by atoms with Crippen molar-refractivity contribution < 1.29 is 14.3 Å². The van der Waals surface area contributed by atoms with Crippen LogP contribution in [0.1, 0.15) is 22.3 Å². The number of likely N-dealkylation sites (N-methyl/N-ethyl adjacent to an activating group) is 1. The number of methoxy groups -OCH3 is 1. The number of para-hydroxylation sites is 1. The van der Waals surface area contributed by atoms with Crippen molar-refractivity contribution >= 4 is 34.0 Å². The number of piperazine rings is 1. The maximum atomic E-state index is 12.5. The summed E-state index contributed by atoms with van der Waals surface area (Å²) in [5, 5.41) is 4.09. The van der Waals surface area contributed by atoms with E-state index in [-0.39, 0.29) is 5.78 Å². The quantitative estimate of drug-likeness (QED) is 0.398. The van der Waals surface area contributed by atoms with Crippen LogP contribution in [0.5, 0.6) is 17.4 Å². The fourth-order valence-corrected chi connectivity index (χ4v) is 5.01. The smallest absolute Gasteiger partial charge is 0.232 e. The normalized spacial score (nSPS) is 15.6. The van der Waals surface area contributed by atoms with E-state index >= 15 is 0 Å². The Bertz CT molecular complexity index is 1480. The number of nitrogens with zero attached hydrogens (tertiary/aromatic N) is 4. The van der Waals surface area contributed by atoms with E-state index < -0.39 is 0 Å². The average Bonchev–Trinajstić information content (AvgIpc) is 3.31. The van der Waals surface area contributed by atoms with Crippen LogP contribution in [-0.2, 0) is 6.42 Å². The summed E-state index contributed by atoms with van der Waals surface area (Å²) in [4.78, 5) is 26.7. The lowest BCUT2D eigenvalue weighted by Gasteiger charge is -2.34. The minimum atomic E-state index is 0.104. The van der Waals surface area contributed by atoms with Gasteiger partial charge in [0.2, 0.25) is 11.8 Å². The second-order valence-electron chi connectivity index (χ2n) is 9.48. The standard InChI is InChI=1S/C29H29N5O3/c1-33-14-16-34(17-15-33)20-11-12-23(26(18-20)36-2)31-29-30-22-8-4-3-7-21(22)28(32-29)37-25-9-5-6-19-10-13-24(35)27(19)25/h3-9,11-12,18H,10,13-17H2,1-2H3,(H,30,31,32). The van der Waals surface area contributed by atoms with Crippen LogP contribution in [0.2, 0.25) is 0 Å². The maximum Gasteiger partial charge on any atom is 0.232 e. The van der Waals surface area contributed by atoms with E-state index in [0.29, 0.717) is 35.3 Å². The number of aryl methyl sites for hydroxylation is 1. The molecule has 2 aliphatic rings. The monoisotopic (exact) mass is 495 g/mol. The van der Waals surface area contributed by atoms with Gasteiger partial charge in [-0.1, -0.05) is 24.3 Å². The number of hydrogen-bond donors (Lipinski definition) is 1. The summed E-state index contributed by atoms with van der Waals surface area (Å²) in [7, 11) is 3.81. The molecule has 0 atom stereocenters. The fraction of sp³-hybridized carbons (Fsp3) is 0.276. The van der Waals surface area contributed by atoms with Gasteiger partial charge in [-0.05, 0) is 49.4 Å². The highest BCUT2D eigenvalue weighted by molar-refractivity contribution is 6.03. The lowest BCUT2D eigenvalue weighted by atomic mass is 10.1. The number of Topliss-reactive ketones (excluding diaryl/α,β-unsaturated/α-hetero) is 1. The molecule has 8 nitrogen and oxygen atoms in total. The van der Waals surface area contributed by atoms with Crippen LogP contribution < -0.4 is 19.7 Å². The lowest BCUT2D eigenvalue weighted by Crippen LogP contribution is -2.44. The fourth-order valence-electron chi connectivity index (χ4n) is 5.01. The summed E-state index contributed by atoms with van der Waals surface area (Å²) >= 11 is 0. The lowest BCUT2D eigenvalue weighted by molar-refractivity contribution is 0.0992. The van der Waals surface area contributed by atoms with Crippen LogP contribution in [0.3, 0.4) is 0 Å². The first kappa shape index (κ1) is 23.2. The van der Waals surface area contributed by atoms with Crippen LogP contribution in [0, 0.1) is 0 Å². The number of carbonyl (C=O) groups excluding carboxylic acids is 1. The zero-order chi connectivity index (χ0) is 25.4. The molecule has 37 heavy (non-hydrogen) atoms. The van der Waals surface area contributed by atoms with Crippen molar-refractivity contribution in [3.05, 3.63) is 71.8 Å². The van der Waals surface area contributed by atoms with Gasteiger partial charge < -0.3 is 24.6 Å². The van der Waals surface area contributed by atoms with Crippen LogP contribution >= 0.6 is 0 Å². The maximum absolute atomic E-state index is 12.5. The molecule has 0 radical (unpaired) electrons. The first-order chi connectivity index (χ1) is 18.1. The number of benzene rings is 3. The summed E-state index contributed by atoms with van der Waals surface area (Å²) in [6.45, 7) is 4.03. The minimum absolute atomic E-state index is 0.104. The first-order valence-electron chi connectivity index (χ1n) is 12.6. The number of fused-ring (bicyclic) bond motifs is 2. The first-order valence-corrected chi connectivity index (χ1v) is 12.6. The van der Waals surface area contributed by atoms with Crippen molar-refractivity contribution in [2.24, 2.45) is 0 Å². The van der Waals surface area contributed by atoms with Crippen molar-refractivity contribution in [2.75, 3.05) is 50.6 Å². The summed E-state index contributed by atoms with van der Waals surface area (Å²) in [6.07, 6.45) is 1.25. The van der Waals surface area contributed by atoms with E-state index in [9.17, 15) is 4.79 Å². The topological polar surface area (TPSA) is 79.8 Å². The predicted molar refractivity (Wildman–Crippen MR) is 145 cm³/mol. The molecule has 1 aromatic heterocycles. The van der Waals surface area contributed by atoms with Crippen LogP contribution in [0.4, 0.5) is 17.3 Å². The Morgan fingerprint density at radius 2 is 1.73 bits per heavy atom. The van der Waals surface area contributed by atoms with Crippen molar-refractivity contribution in [3.8, 4) is 17.4 Å². The van der Waals surface area contributed by atoms with Gasteiger partial charge in [0.25, 0.3) is 0 Å². The van der Waals surface area contributed by atoms with E-state index in [0.717, 1.165) is 60.4 Å². The summed E-state index contributed by atoms with van der Waals surface area (Å²) in [5.41, 5.74) is 4.30. The highest BCUT2D eigenvalue weighted by Crippen LogP contribution is 2.37. The van der Waals surface area contributed by atoms with Gasteiger partial charge in [0.05, 0.1) is 29.3 Å². The van der Waals surface area contributed by atoms with E-state index in [1.807, 2.05) is 54.6 Å². The van der Waals surface area contributed by atoms with Gasteiger partial charge in [0.15, 0.2) is 5.78 Å². The molecule has 4 aromatic rings. The zero-order valence-electron chi connectivity index (χ0n) is 21.0. The molecule has 1 fully saturated rings. The van der Waals surface area contributed by atoms with Gasteiger partial charge in [-0.2, -0.15) is 4.98 Å². The minimum Gasteiger partial charge on any atom is -0.494 e. The highest BCUT2D eigenvalue weighted by atomic mass is 16.5. The zero-order valence-corrected chi connectivity index (χ0v) is 21.0. The summed E-state index contributed by atoms with van der Waals surface area (Å²) < 4.78 is 12.0. The molecule has 2 heterocycles. The third-order valence-electron chi connectivity index (χ3n) is 7.09. The Balaban J connectivity index is 1.33. The Morgan fingerprint density at radius 1 is 0.892 bits per heavy atom. The SMILES string of the molecule is COc1cc(N2CCN(C)CC2)ccc1Nc1nc(Oc2cccc3c2C(=O)CC3)c2ccccc2n1. The number of rotatable bonds is 6. The number of aromatic nitrogens is 2. The molecular weight excluding hydrogens is 466 g/mol. The second-order valence-corrected chi connectivity index (χ2v) is 9.48. The number of hydrogen-bond acceptors (Lipinski definition) is 8. The van der Waals surface area contributed by atoms with Crippen LogP contribution in [0.25, 0.3) is 10.9 Å². The average molecular weight is 496 g/mol. The summed E-state index contributed by atoms with van der Waals surface area (Å²) in [5.74, 6) is 2.13. The molecule has 3 aromatic carbocycles. The molecule has 0 spiro atoms. The highest BCUT2D eigenvalue weighted by Gasteiger charge is 2.25. The van der Waals surface area contributed by atoms with Gasteiger partial charge in [-0.15, -0.1) is 0 Å². The Labute approximate surface area is 215 Å². The van der Waals surface area contributed by atoms with Crippen molar-refractivity contribution in [1.82, 2.24) is 14.9 Å². The molecule has 0 saturated carbocycles. The molecule has 6 rings (SSSR count). The summed E-state index contributed by atoms with van der Waals surface area (Å²) in [6, 6.07) is 19.6. The van der Waals surface area contributed by atoms with E-state index in [4.69, 9.17) is 19.4 Å². The van der Waals surface area contributed by atoms with Gasteiger partial charge in [-0.3, -0.25) is 4.79 Å². The van der Waals surface area contributed by atoms with Gasteiger partial charge >= 0.3 is 0 Å². The Hall–Kier alpha value is -4.17. The van der Waals surface area contributed by atoms with Crippen LogP contribution in [-0.4, -0.2) is 61.0 Å². The molecule has 0 amide bonds. The molecule has 1 saturated heterocycles. The van der Waals surface area contributed by atoms with Gasteiger partial charge in [0, 0.05) is 44.4 Å². The number of nitrogens with one attached hydrogen (secondary N) is 1. The van der Waals surface area contributed by atoms with E-state index in [1.54, 1.807) is 7.11 Å². The number of anilines is 3. The molecule has 188 valence electrons. The molecule has 8 heteroatoms. The Morgan fingerprint density at radius 3 is 2.57 bits per heavy atom. The molecular formula is C29H29N5O3. The predicted octanol–water partition coefficient (Wildman–Crippen LogP) is 5.06. The van der Waals surface area contributed by atoms with Crippen molar-refractivity contribution in [1.29, 1.82) is 0 Å².